The molecule has 1 aromatic heterocycles. The van der Waals surface area contributed by atoms with Crippen molar-refractivity contribution in [1.29, 1.82) is 0 Å². The topological polar surface area (TPSA) is 22.1 Å². The third-order valence-electron chi connectivity index (χ3n) is 3.42. The molecule has 3 rings (SSSR count). The largest absolute Gasteiger partial charge is 0.489 e. The van der Waals surface area contributed by atoms with Crippen LogP contribution in [-0.4, -0.2) is 11.6 Å². The van der Waals surface area contributed by atoms with Crippen molar-refractivity contribution in [3.8, 4) is 5.75 Å². The van der Waals surface area contributed by atoms with Gasteiger partial charge in [0.05, 0.1) is 5.52 Å². The smallest absolute Gasteiger partial charge is 0.162 e. The molecule has 0 saturated heterocycles. The number of hydrogen-bond acceptors (Lipinski definition) is 3. The summed E-state index contributed by atoms with van der Waals surface area (Å²) in [7, 11) is 0. The maximum Gasteiger partial charge on any atom is 0.162 e. The van der Waals surface area contributed by atoms with Gasteiger partial charge in [0.2, 0.25) is 0 Å². The molecule has 0 bridgehead atoms. The second-order valence-corrected chi connectivity index (χ2v) is 6.07. The van der Waals surface area contributed by atoms with Crippen LogP contribution in [0.15, 0.2) is 66.2 Å². The van der Waals surface area contributed by atoms with E-state index in [-0.39, 0.29) is 5.75 Å². The molecule has 0 aliphatic carbocycles. The van der Waals surface area contributed by atoms with Crippen LogP contribution in [0.3, 0.4) is 0 Å². The predicted molar refractivity (Wildman–Crippen MR) is 93.4 cm³/mol. The van der Waals surface area contributed by atoms with Gasteiger partial charge in [0.15, 0.2) is 11.6 Å². The van der Waals surface area contributed by atoms with E-state index in [9.17, 15) is 8.78 Å². The summed E-state index contributed by atoms with van der Waals surface area (Å²) in [4.78, 5) is 4.55. The lowest BCUT2D eigenvalue weighted by molar-refractivity contribution is 0.366. The first kappa shape index (κ1) is 16.5. The quantitative estimate of drug-likeness (QED) is 0.444. The summed E-state index contributed by atoms with van der Waals surface area (Å²) in [5, 5.41) is 1.59. The number of fused-ring (bicyclic) bond motifs is 1. The van der Waals surface area contributed by atoms with E-state index < -0.39 is 11.6 Å². The van der Waals surface area contributed by atoms with E-state index in [1.165, 1.54) is 17.8 Å². The minimum atomic E-state index is -0.838. The molecular weight excluding hydrogens is 328 g/mol. The molecule has 0 aliphatic heterocycles. The van der Waals surface area contributed by atoms with E-state index in [1.54, 1.807) is 12.1 Å². The van der Waals surface area contributed by atoms with Crippen LogP contribution in [0, 0.1) is 11.6 Å². The SMILES string of the molecule is C=CCOc1cc(SCc2cccc(F)c2F)nc2ccccc12. The van der Waals surface area contributed by atoms with Gasteiger partial charge in [0, 0.05) is 22.8 Å². The molecular formula is C19H15F2NOS. The molecule has 2 nitrogen and oxygen atoms in total. The van der Waals surface area contributed by atoms with Crippen LogP contribution in [0.5, 0.6) is 5.75 Å². The Morgan fingerprint density at radius 1 is 1.12 bits per heavy atom. The van der Waals surface area contributed by atoms with Crippen molar-refractivity contribution in [2.24, 2.45) is 0 Å². The van der Waals surface area contributed by atoms with Crippen LogP contribution in [0.25, 0.3) is 10.9 Å². The number of benzene rings is 2. The number of ether oxygens (including phenoxy) is 1. The minimum Gasteiger partial charge on any atom is -0.489 e. The summed E-state index contributed by atoms with van der Waals surface area (Å²) in [6.07, 6.45) is 1.67. The Balaban J connectivity index is 1.89. The summed E-state index contributed by atoms with van der Waals surface area (Å²) in [5.41, 5.74) is 1.10. The maximum absolute atomic E-state index is 13.8. The van der Waals surface area contributed by atoms with Gasteiger partial charge in [-0.15, -0.1) is 11.8 Å². The highest BCUT2D eigenvalue weighted by Crippen LogP contribution is 2.31. The summed E-state index contributed by atoms with van der Waals surface area (Å²) < 4.78 is 32.7. The number of hydrogen-bond donors (Lipinski definition) is 0. The van der Waals surface area contributed by atoms with E-state index in [1.807, 2.05) is 30.3 Å². The Kier molecular flexibility index (Phi) is 5.11. The van der Waals surface area contributed by atoms with Crippen LogP contribution in [0.2, 0.25) is 0 Å². The first-order valence-corrected chi connectivity index (χ1v) is 8.37. The Hall–Kier alpha value is -2.40. The monoisotopic (exact) mass is 343 g/mol. The summed E-state index contributed by atoms with van der Waals surface area (Å²) in [6, 6.07) is 13.6. The number of rotatable bonds is 6. The molecule has 0 fully saturated rings. The molecule has 5 heteroatoms. The van der Waals surface area contributed by atoms with Crippen molar-refractivity contribution >= 4 is 22.7 Å². The summed E-state index contributed by atoms with van der Waals surface area (Å²) in [6.45, 7) is 4.03. The average molecular weight is 343 g/mol. The number of pyridine rings is 1. The van der Waals surface area contributed by atoms with E-state index >= 15 is 0 Å². The second kappa shape index (κ2) is 7.45. The zero-order valence-electron chi connectivity index (χ0n) is 12.8. The maximum atomic E-state index is 13.8. The molecule has 3 aromatic rings. The van der Waals surface area contributed by atoms with Gasteiger partial charge in [-0.1, -0.05) is 36.9 Å². The normalized spacial score (nSPS) is 10.8. The third kappa shape index (κ3) is 3.57. The number of nitrogens with zero attached hydrogens (tertiary/aromatic N) is 1. The highest BCUT2D eigenvalue weighted by atomic mass is 32.2. The number of aromatic nitrogens is 1. The fraction of sp³-hybridized carbons (Fsp3) is 0.105. The van der Waals surface area contributed by atoms with Crippen molar-refractivity contribution in [2.75, 3.05) is 6.61 Å². The van der Waals surface area contributed by atoms with Crippen molar-refractivity contribution in [2.45, 2.75) is 10.8 Å². The first-order valence-electron chi connectivity index (χ1n) is 7.38. The molecule has 122 valence electrons. The zero-order valence-corrected chi connectivity index (χ0v) is 13.7. The molecule has 0 radical (unpaired) electrons. The fourth-order valence-electron chi connectivity index (χ4n) is 2.27. The van der Waals surface area contributed by atoms with Crippen LogP contribution >= 0.6 is 11.8 Å². The van der Waals surface area contributed by atoms with Gasteiger partial charge in [-0.3, -0.25) is 0 Å². The van der Waals surface area contributed by atoms with Gasteiger partial charge in [-0.05, 0) is 18.2 Å². The predicted octanol–water partition coefficient (Wildman–Crippen LogP) is 5.37. The molecule has 0 aliphatic rings. The van der Waals surface area contributed by atoms with Crippen LogP contribution in [-0.2, 0) is 5.75 Å². The van der Waals surface area contributed by atoms with Gasteiger partial charge in [0.25, 0.3) is 0 Å². The molecule has 0 atom stereocenters. The van der Waals surface area contributed by atoms with Gasteiger partial charge >= 0.3 is 0 Å². The molecule has 0 amide bonds. The lowest BCUT2D eigenvalue weighted by Gasteiger charge is -2.10. The first-order chi connectivity index (χ1) is 11.7. The van der Waals surface area contributed by atoms with Crippen LogP contribution in [0.4, 0.5) is 8.78 Å². The Bertz CT molecular complexity index is 882. The van der Waals surface area contributed by atoms with E-state index in [4.69, 9.17) is 4.74 Å². The van der Waals surface area contributed by atoms with Gasteiger partial charge in [-0.25, -0.2) is 13.8 Å². The molecule has 2 aromatic carbocycles. The number of para-hydroxylation sites is 1. The van der Waals surface area contributed by atoms with Crippen LogP contribution in [0.1, 0.15) is 5.56 Å². The standard InChI is InChI=1S/C19H15F2NOS/c1-2-10-23-17-11-18(22-16-9-4-3-7-14(16)17)24-12-13-6-5-8-15(20)19(13)21/h2-9,11H,1,10,12H2. The highest BCUT2D eigenvalue weighted by molar-refractivity contribution is 7.98. The lowest BCUT2D eigenvalue weighted by Crippen LogP contribution is -1.96. The zero-order chi connectivity index (χ0) is 16.9. The van der Waals surface area contributed by atoms with Gasteiger partial charge in [-0.2, -0.15) is 0 Å². The Labute approximate surface area is 143 Å². The van der Waals surface area contributed by atoms with Gasteiger partial charge < -0.3 is 4.74 Å². The molecule has 0 spiro atoms. The van der Waals surface area contributed by atoms with Crippen molar-refractivity contribution in [3.63, 3.8) is 0 Å². The third-order valence-corrected chi connectivity index (χ3v) is 4.38. The lowest BCUT2D eigenvalue weighted by atomic mass is 10.2. The summed E-state index contributed by atoms with van der Waals surface area (Å²) in [5.74, 6) is -0.665. The number of halogens is 2. The second-order valence-electron chi connectivity index (χ2n) is 5.08. The Morgan fingerprint density at radius 2 is 1.96 bits per heavy atom. The average Bonchev–Trinajstić information content (AvgIpc) is 2.61. The van der Waals surface area contributed by atoms with Crippen molar-refractivity contribution in [1.82, 2.24) is 4.98 Å². The molecule has 24 heavy (non-hydrogen) atoms. The highest BCUT2D eigenvalue weighted by Gasteiger charge is 2.11. The molecule has 0 saturated carbocycles. The minimum absolute atomic E-state index is 0.288. The van der Waals surface area contributed by atoms with Crippen LogP contribution < -0.4 is 4.74 Å². The van der Waals surface area contributed by atoms with E-state index in [0.717, 1.165) is 17.0 Å². The van der Waals surface area contributed by atoms with Crippen molar-refractivity contribution in [3.05, 3.63) is 78.4 Å². The fourth-order valence-corrected chi connectivity index (χ4v) is 3.15. The van der Waals surface area contributed by atoms with Crippen molar-refractivity contribution < 1.29 is 13.5 Å². The van der Waals surface area contributed by atoms with E-state index in [2.05, 4.69) is 11.6 Å². The van der Waals surface area contributed by atoms with Gasteiger partial charge in [0.1, 0.15) is 17.4 Å². The Morgan fingerprint density at radius 3 is 2.79 bits per heavy atom. The molecule has 0 unspecified atom stereocenters. The number of thioether (sulfide) groups is 1. The molecule has 0 N–H and O–H groups in total. The van der Waals surface area contributed by atoms with E-state index in [0.29, 0.717) is 22.9 Å². The molecule has 1 heterocycles. The summed E-state index contributed by atoms with van der Waals surface area (Å²) >= 11 is 1.34.